The van der Waals surface area contributed by atoms with Gasteiger partial charge in [0.25, 0.3) is 0 Å². The van der Waals surface area contributed by atoms with Gasteiger partial charge in [-0.1, -0.05) is 12.1 Å². The summed E-state index contributed by atoms with van der Waals surface area (Å²) in [6, 6.07) is 18.6. The Hall–Kier alpha value is -3.41. The molecule has 6 nitrogen and oxygen atoms in total. The Labute approximate surface area is 152 Å². The molecule has 134 valence electrons. The molecule has 0 bridgehead atoms. The van der Waals surface area contributed by atoms with Gasteiger partial charge >= 0.3 is 6.03 Å². The summed E-state index contributed by atoms with van der Waals surface area (Å²) in [4.78, 5) is 12.0. The number of hydrogen-bond acceptors (Lipinski definition) is 3. The molecule has 2 N–H and O–H groups in total. The Balaban J connectivity index is 1.45. The second-order valence-electron chi connectivity index (χ2n) is 5.55. The third kappa shape index (κ3) is 4.80. The normalized spacial score (nSPS) is 10.2. The number of amides is 2. The first-order chi connectivity index (χ1) is 12.7. The summed E-state index contributed by atoms with van der Waals surface area (Å²) in [5, 5.41) is 5.59. The molecule has 3 aromatic rings. The molecule has 0 radical (unpaired) electrons. The van der Waals surface area contributed by atoms with Gasteiger partial charge in [-0.2, -0.15) is 0 Å². The number of aromatic nitrogens is 1. The predicted molar refractivity (Wildman–Crippen MR) is 101 cm³/mol. The van der Waals surface area contributed by atoms with Gasteiger partial charge in [0.1, 0.15) is 18.1 Å². The lowest BCUT2D eigenvalue weighted by atomic mass is 10.3. The maximum absolute atomic E-state index is 12.0. The molecule has 0 saturated carbocycles. The molecular weight excluding hydrogens is 330 g/mol. The molecule has 3 rings (SSSR count). The van der Waals surface area contributed by atoms with E-state index in [1.165, 1.54) is 0 Å². The SMILES string of the molecule is COc1cccc(OCCNC(=O)Nc2cccc(-n3cccc3)c2)c1. The molecule has 2 aromatic carbocycles. The predicted octanol–water partition coefficient (Wildman–Crippen LogP) is 3.69. The number of carbonyl (C=O) groups is 1. The summed E-state index contributed by atoms with van der Waals surface area (Å²) in [7, 11) is 1.61. The molecule has 26 heavy (non-hydrogen) atoms. The number of nitrogens with zero attached hydrogens (tertiary/aromatic N) is 1. The number of hydrogen-bond donors (Lipinski definition) is 2. The summed E-state index contributed by atoms with van der Waals surface area (Å²) in [6.07, 6.45) is 3.91. The summed E-state index contributed by atoms with van der Waals surface area (Å²) >= 11 is 0. The van der Waals surface area contributed by atoms with Crippen LogP contribution in [0.5, 0.6) is 11.5 Å². The van der Waals surface area contributed by atoms with Crippen LogP contribution >= 0.6 is 0 Å². The standard InChI is InChI=1S/C20H21N3O3/c1-25-18-8-5-9-19(15-18)26-13-10-21-20(24)22-16-6-4-7-17(14-16)23-11-2-3-12-23/h2-9,11-12,14-15H,10,13H2,1H3,(H2,21,22,24). The zero-order valence-electron chi connectivity index (χ0n) is 14.5. The van der Waals surface area contributed by atoms with E-state index in [-0.39, 0.29) is 6.03 Å². The topological polar surface area (TPSA) is 64.5 Å². The first-order valence-electron chi connectivity index (χ1n) is 8.30. The fourth-order valence-corrected chi connectivity index (χ4v) is 2.45. The van der Waals surface area contributed by atoms with Crippen molar-refractivity contribution in [3.05, 3.63) is 73.1 Å². The van der Waals surface area contributed by atoms with Crippen LogP contribution in [0.2, 0.25) is 0 Å². The summed E-state index contributed by atoms with van der Waals surface area (Å²) in [6.45, 7) is 0.754. The van der Waals surface area contributed by atoms with Gasteiger partial charge in [-0.3, -0.25) is 0 Å². The van der Waals surface area contributed by atoms with Gasteiger partial charge in [0, 0.05) is 29.8 Å². The van der Waals surface area contributed by atoms with E-state index in [1.54, 1.807) is 13.2 Å². The average Bonchev–Trinajstić information content (AvgIpc) is 3.20. The minimum absolute atomic E-state index is 0.274. The highest BCUT2D eigenvalue weighted by Gasteiger charge is 2.03. The van der Waals surface area contributed by atoms with Crippen LogP contribution in [0.15, 0.2) is 73.1 Å². The highest BCUT2D eigenvalue weighted by atomic mass is 16.5. The third-order valence-corrected chi connectivity index (χ3v) is 3.70. The van der Waals surface area contributed by atoms with E-state index in [0.717, 1.165) is 17.1 Å². The molecule has 0 unspecified atom stereocenters. The third-order valence-electron chi connectivity index (χ3n) is 3.70. The van der Waals surface area contributed by atoms with Crippen molar-refractivity contribution in [2.24, 2.45) is 0 Å². The molecule has 1 aromatic heterocycles. The molecule has 0 aliphatic carbocycles. The van der Waals surface area contributed by atoms with Crippen molar-refractivity contribution in [3.63, 3.8) is 0 Å². The van der Waals surface area contributed by atoms with Crippen LogP contribution < -0.4 is 20.1 Å². The Morgan fingerprint density at radius 2 is 1.77 bits per heavy atom. The lowest BCUT2D eigenvalue weighted by molar-refractivity contribution is 0.247. The number of methoxy groups -OCH3 is 1. The van der Waals surface area contributed by atoms with Gasteiger partial charge in [0.05, 0.1) is 13.7 Å². The number of anilines is 1. The molecule has 0 spiro atoms. The van der Waals surface area contributed by atoms with Crippen molar-refractivity contribution in [1.82, 2.24) is 9.88 Å². The monoisotopic (exact) mass is 351 g/mol. The second kappa shape index (κ2) is 8.62. The van der Waals surface area contributed by atoms with Crippen molar-refractivity contribution >= 4 is 11.7 Å². The number of nitrogens with one attached hydrogen (secondary N) is 2. The van der Waals surface area contributed by atoms with Crippen LogP contribution in [0.3, 0.4) is 0 Å². The van der Waals surface area contributed by atoms with Gasteiger partial charge in [0.15, 0.2) is 0 Å². The van der Waals surface area contributed by atoms with E-state index >= 15 is 0 Å². The van der Waals surface area contributed by atoms with Crippen molar-refractivity contribution in [1.29, 1.82) is 0 Å². The summed E-state index contributed by atoms with van der Waals surface area (Å²) in [5.74, 6) is 1.43. The quantitative estimate of drug-likeness (QED) is 0.638. The number of benzene rings is 2. The van der Waals surface area contributed by atoms with Crippen LogP contribution in [0.1, 0.15) is 0 Å². The largest absolute Gasteiger partial charge is 0.497 e. The Morgan fingerprint density at radius 1 is 1.00 bits per heavy atom. The average molecular weight is 351 g/mol. The number of urea groups is 1. The van der Waals surface area contributed by atoms with E-state index in [9.17, 15) is 4.79 Å². The molecule has 0 fully saturated rings. The van der Waals surface area contributed by atoms with Crippen molar-refractivity contribution < 1.29 is 14.3 Å². The van der Waals surface area contributed by atoms with Crippen LogP contribution in [0.25, 0.3) is 5.69 Å². The minimum Gasteiger partial charge on any atom is -0.497 e. The molecular formula is C20H21N3O3. The highest BCUT2D eigenvalue weighted by molar-refractivity contribution is 5.89. The van der Waals surface area contributed by atoms with Crippen LogP contribution in [-0.4, -0.2) is 30.9 Å². The molecule has 6 heteroatoms. The number of carbonyl (C=O) groups excluding carboxylic acids is 1. The van der Waals surface area contributed by atoms with Gasteiger partial charge in [0.2, 0.25) is 0 Å². The van der Waals surface area contributed by atoms with Crippen LogP contribution in [-0.2, 0) is 0 Å². The lowest BCUT2D eigenvalue weighted by Crippen LogP contribution is -2.32. The zero-order chi connectivity index (χ0) is 18.2. The molecule has 0 aliphatic rings. The van der Waals surface area contributed by atoms with Crippen molar-refractivity contribution in [2.75, 3.05) is 25.6 Å². The molecule has 1 heterocycles. The van der Waals surface area contributed by atoms with Crippen LogP contribution in [0.4, 0.5) is 10.5 Å². The van der Waals surface area contributed by atoms with Crippen LogP contribution in [0, 0.1) is 0 Å². The summed E-state index contributed by atoms with van der Waals surface area (Å²) in [5.41, 5.74) is 1.71. The lowest BCUT2D eigenvalue weighted by Gasteiger charge is -2.11. The minimum atomic E-state index is -0.274. The van der Waals surface area contributed by atoms with E-state index in [4.69, 9.17) is 9.47 Å². The maximum Gasteiger partial charge on any atom is 0.319 e. The van der Waals surface area contributed by atoms with E-state index < -0.39 is 0 Å². The molecule has 0 aliphatic heterocycles. The Morgan fingerprint density at radius 3 is 2.58 bits per heavy atom. The maximum atomic E-state index is 12.0. The smallest absolute Gasteiger partial charge is 0.319 e. The van der Waals surface area contributed by atoms with Gasteiger partial charge in [-0.15, -0.1) is 0 Å². The first-order valence-corrected chi connectivity index (χ1v) is 8.30. The van der Waals surface area contributed by atoms with Gasteiger partial charge in [-0.25, -0.2) is 4.79 Å². The Kier molecular flexibility index (Phi) is 5.77. The van der Waals surface area contributed by atoms with E-state index in [2.05, 4.69) is 10.6 Å². The Bertz CT molecular complexity index is 847. The highest BCUT2D eigenvalue weighted by Crippen LogP contribution is 2.18. The fraction of sp³-hybridized carbons (Fsp3) is 0.150. The van der Waals surface area contributed by atoms with E-state index in [0.29, 0.717) is 18.9 Å². The first kappa shape index (κ1) is 17.4. The number of rotatable bonds is 7. The van der Waals surface area contributed by atoms with Crippen molar-refractivity contribution in [2.45, 2.75) is 0 Å². The second-order valence-corrected chi connectivity index (χ2v) is 5.55. The zero-order valence-corrected chi connectivity index (χ0v) is 14.5. The molecule has 0 saturated heterocycles. The van der Waals surface area contributed by atoms with Gasteiger partial charge in [-0.05, 0) is 42.5 Å². The number of ether oxygens (including phenoxy) is 2. The van der Waals surface area contributed by atoms with Crippen molar-refractivity contribution in [3.8, 4) is 17.2 Å². The summed E-state index contributed by atoms with van der Waals surface area (Å²) < 4.78 is 12.7. The van der Waals surface area contributed by atoms with Gasteiger partial charge < -0.3 is 24.7 Å². The van der Waals surface area contributed by atoms with E-state index in [1.807, 2.05) is 71.6 Å². The molecule has 0 atom stereocenters. The molecule has 2 amide bonds. The fourth-order valence-electron chi connectivity index (χ4n) is 2.45.